The van der Waals surface area contributed by atoms with Crippen LogP contribution in [-0.4, -0.2) is 35.8 Å². The Morgan fingerprint density at radius 3 is 2.48 bits per heavy atom. The molecule has 5 nitrogen and oxygen atoms in total. The number of hydrogen-bond donors (Lipinski definition) is 1. The van der Waals surface area contributed by atoms with Crippen molar-refractivity contribution in [2.75, 3.05) is 13.1 Å². The van der Waals surface area contributed by atoms with Crippen LogP contribution in [0.3, 0.4) is 0 Å². The van der Waals surface area contributed by atoms with Crippen LogP contribution in [0.2, 0.25) is 0 Å². The molecule has 5 heteroatoms. The molecule has 1 heterocycles. The van der Waals surface area contributed by atoms with E-state index in [1.165, 1.54) is 0 Å². The van der Waals surface area contributed by atoms with E-state index in [1.54, 1.807) is 17.9 Å². The number of aryl methyl sites for hydroxylation is 2. The van der Waals surface area contributed by atoms with Crippen LogP contribution >= 0.6 is 0 Å². The quantitative estimate of drug-likeness (QED) is 0.841. The zero-order chi connectivity index (χ0) is 16.0. The highest BCUT2D eigenvalue weighted by Crippen LogP contribution is 2.16. The van der Waals surface area contributed by atoms with Gasteiger partial charge in [-0.25, -0.2) is 0 Å². The molecule has 1 rings (SSSR count). The molecule has 0 fully saturated rings. The Hall–Kier alpha value is -1.78. The average Bonchev–Trinajstić information content (AvgIpc) is 2.77. The molecule has 1 aromatic rings. The lowest BCUT2D eigenvalue weighted by molar-refractivity contribution is -0.121. The van der Waals surface area contributed by atoms with Crippen molar-refractivity contribution in [3.8, 4) is 0 Å². The average molecular weight is 294 g/mol. The van der Waals surface area contributed by atoms with Gasteiger partial charge in [-0.05, 0) is 40.2 Å². The van der Waals surface area contributed by atoms with Gasteiger partial charge < -0.3 is 14.6 Å². The lowest BCUT2D eigenvalue weighted by atomic mass is 10.2. The maximum Gasteiger partial charge on any atom is 0.257 e. The Kier molecular flexibility index (Phi) is 6.46. The molecule has 0 aromatic carbocycles. The standard InChI is InChI=1S/C16H26N2O3/c1-6-11(3)17-15(19)8-9-18(7-2)16(20)14-10-12(4)21-13(14)5/h10-11H,6-9H2,1-5H3,(H,17,19). The summed E-state index contributed by atoms with van der Waals surface area (Å²) in [5, 5.41) is 2.91. The largest absolute Gasteiger partial charge is 0.466 e. The first-order chi connectivity index (χ1) is 9.88. The molecule has 1 N–H and O–H groups in total. The van der Waals surface area contributed by atoms with Crippen LogP contribution < -0.4 is 5.32 Å². The minimum Gasteiger partial charge on any atom is -0.466 e. The van der Waals surface area contributed by atoms with Crippen molar-refractivity contribution in [1.29, 1.82) is 0 Å². The number of nitrogens with zero attached hydrogens (tertiary/aromatic N) is 1. The summed E-state index contributed by atoms with van der Waals surface area (Å²) < 4.78 is 5.40. The van der Waals surface area contributed by atoms with E-state index in [-0.39, 0.29) is 17.9 Å². The highest BCUT2D eigenvalue weighted by atomic mass is 16.3. The fraction of sp³-hybridized carbons (Fsp3) is 0.625. The predicted octanol–water partition coefficient (Wildman–Crippen LogP) is 2.66. The molecular weight excluding hydrogens is 268 g/mol. The van der Waals surface area contributed by atoms with Crippen molar-refractivity contribution in [3.63, 3.8) is 0 Å². The molecule has 0 bridgehead atoms. The molecule has 1 unspecified atom stereocenters. The van der Waals surface area contributed by atoms with Gasteiger partial charge in [0.15, 0.2) is 0 Å². The monoisotopic (exact) mass is 294 g/mol. The van der Waals surface area contributed by atoms with Gasteiger partial charge in [0.1, 0.15) is 11.5 Å². The summed E-state index contributed by atoms with van der Waals surface area (Å²) in [4.78, 5) is 25.9. The first kappa shape index (κ1) is 17.3. The summed E-state index contributed by atoms with van der Waals surface area (Å²) in [6, 6.07) is 1.92. The topological polar surface area (TPSA) is 62.6 Å². The van der Waals surface area contributed by atoms with Crippen molar-refractivity contribution in [1.82, 2.24) is 10.2 Å². The molecule has 0 saturated carbocycles. The molecule has 1 aromatic heterocycles. The second kappa shape index (κ2) is 7.86. The SMILES string of the molecule is CCC(C)NC(=O)CCN(CC)C(=O)c1cc(C)oc1C. The molecule has 0 saturated heterocycles. The van der Waals surface area contributed by atoms with E-state index < -0.39 is 0 Å². The normalized spacial score (nSPS) is 12.0. The molecule has 0 aliphatic carbocycles. The number of carbonyl (C=O) groups excluding carboxylic acids is 2. The molecular formula is C16H26N2O3. The van der Waals surface area contributed by atoms with E-state index in [0.717, 1.165) is 12.2 Å². The van der Waals surface area contributed by atoms with Crippen molar-refractivity contribution >= 4 is 11.8 Å². The third kappa shape index (κ3) is 4.92. The molecule has 1 atom stereocenters. The molecule has 21 heavy (non-hydrogen) atoms. The molecule has 2 amide bonds. The number of rotatable bonds is 7. The molecule has 0 spiro atoms. The van der Waals surface area contributed by atoms with Gasteiger partial charge in [-0.3, -0.25) is 9.59 Å². The summed E-state index contributed by atoms with van der Waals surface area (Å²) >= 11 is 0. The zero-order valence-electron chi connectivity index (χ0n) is 13.7. The van der Waals surface area contributed by atoms with Gasteiger partial charge in [-0.2, -0.15) is 0 Å². The van der Waals surface area contributed by atoms with E-state index in [2.05, 4.69) is 5.32 Å². The maximum absolute atomic E-state index is 12.4. The van der Waals surface area contributed by atoms with E-state index in [4.69, 9.17) is 4.42 Å². The van der Waals surface area contributed by atoms with Gasteiger partial charge in [0.05, 0.1) is 5.56 Å². The zero-order valence-corrected chi connectivity index (χ0v) is 13.7. The second-order valence-electron chi connectivity index (χ2n) is 5.34. The summed E-state index contributed by atoms with van der Waals surface area (Å²) in [5.41, 5.74) is 0.580. The van der Waals surface area contributed by atoms with Gasteiger partial charge in [0.25, 0.3) is 5.91 Å². The number of hydrogen-bond acceptors (Lipinski definition) is 3. The van der Waals surface area contributed by atoms with E-state index in [9.17, 15) is 9.59 Å². The lowest BCUT2D eigenvalue weighted by Crippen LogP contribution is -2.37. The van der Waals surface area contributed by atoms with Crippen LogP contribution in [0.4, 0.5) is 0 Å². The molecule has 0 radical (unpaired) electrons. The molecule has 0 aliphatic heterocycles. The third-order valence-electron chi connectivity index (χ3n) is 3.57. The highest BCUT2D eigenvalue weighted by Gasteiger charge is 2.20. The Labute approximate surface area is 126 Å². The Bertz CT molecular complexity index is 494. The fourth-order valence-electron chi connectivity index (χ4n) is 2.10. The van der Waals surface area contributed by atoms with Crippen LogP contribution in [0.15, 0.2) is 10.5 Å². The first-order valence-electron chi connectivity index (χ1n) is 7.54. The first-order valence-corrected chi connectivity index (χ1v) is 7.54. The maximum atomic E-state index is 12.4. The minimum atomic E-state index is -0.0804. The van der Waals surface area contributed by atoms with Gasteiger partial charge in [0, 0.05) is 25.6 Å². The van der Waals surface area contributed by atoms with E-state index in [0.29, 0.717) is 30.8 Å². The van der Waals surface area contributed by atoms with Crippen LogP contribution in [0, 0.1) is 13.8 Å². The lowest BCUT2D eigenvalue weighted by Gasteiger charge is -2.21. The fourth-order valence-corrected chi connectivity index (χ4v) is 2.10. The molecule has 0 aliphatic rings. The minimum absolute atomic E-state index is 0.0179. The van der Waals surface area contributed by atoms with Gasteiger partial charge in [-0.15, -0.1) is 0 Å². The second-order valence-corrected chi connectivity index (χ2v) is 5.34. The third-order valence-corrected chi connectivity index (χ3v) is 3.57. The highest BCUT2D eigenvalue weighted by molar-refractivity contribution is 5.95. The Balaban J connectivity index is 2.61. The predicted molar refractivity (Wildman–Crippen MR) is 82.3 cm³/mol. The van der Waals surface area contributed by atoms with Gasteiger partial charge in [0.2, 0.25) is 5.91 Å². The van der Waals surface area contributed by atoms with Gasteiger partial charge >= 0.3 is 0 Å². The van der Waals surface area contributed by atoms with Gasteiger partial charge in [-0.1, -0.05) is 6.92 Å². The summed E-state index contributed by atoms with van der Waals surface area (Å²) in [6.45, 7) is 10.5. The number of carbonyl (C=O) groups is 2. The number of amides is 2. The Morgan fingerprint density at radius 2 is 2.00 bits per heavy atom. The summed E-state index contributed by atoms with van der Waals surface area (Å²) in [6.07, 6.45) is 1.22. The number of nitrogens with one attached hydrogen (secondary N) is 1. The summed E-state index contributed by atoms with van der Waals surface area (Å²) in [5.74, 6) is 1.25. The van der Waals surface area contributed by atoms with Crippen LogP contribution in [0.5, 0.6) is 0 Å². The van der Waals surface area contributed by atoms with Crippen molar-refractivity contribution in [2.24, 2.45) is 0 Å². The van der Waals surface area contributed by atoms with E-state index >= 15 is 0 Å². The smallest absolute Gasteiger partial charge is 0.257 e. The van der Waals surface area contributed by atoms with Crippen molar-refractivity contribution < 1.29 is 14.0 Å². The van der Waals surface area contributed by atoms with Crippen molar-refractivity contribution in [3.05, 3.63) is 23.2 Å². The Morgan fingerprint density at radius 1 is 1.33 bits per heavy atom. The number of furan rings is 1. The summed E-state index contributed by atoms with van der Waals surface area (Å²) in [7, 11) is 0. The van der Waals surface area contributed by atoms with Crippen LogP contribution in [-0.2, 0) is 4.79 Å². The van der Waals surface area contributed by atoms with Crippen LogP contribution in [0.1, 0.15) is 55.5 Å². The van der Waals surface area contributed by atoms with E-state index in [1.807, 2.05) is 27.7 Å². The van der Waals surface area contributed by atoms with Crippen molar-refractivity contribution in [2.45, 2.75) is 53.5 Å². The van der Waals surface area contributed by atoms with Crippen LogP contribution in [0.25, 0.3) is 0 Å². The molecule has 118 valence electrons.